The molecule has 0 radical (unpaired) electrons. The van der Waals surface area contributed by atoms with Gasteiger partial charge in [-0.2, -0.15) is 0 Å². The van der Waals surface area contributed by atoms with Gasteiger partial charge in [0.1, 0.15) is 11.4 Å². The molecule has 30 heavy (non-hydrogen) atoms. The third-order valence-corrected chi connectivity index (χ3v) is 6.24. The van der Waals surface area contributed by atoms with E-state index in [2.05, 4.69) is 10.3 Å². The van der Waals surface area contributed by atoms with E-state index in [1.807, 2.05) is 56.3 Å². The Hall–Kier alpha value is -2.96. The normalized spacial score (nSPS) is 12.1. The van der Waals surface area contributed by atoms with Crippen LogP contribution in [0.2, 0.25) is 5.02 Å². The van der Waals surface area contributed by atoms with Crippen LogP contribution in [-0.4, -0.2) is 15.5 Å². The first-order valence-corrected chi connectivity index (χ1v) is 10.7. The highest BCUT2D eigenvalue weighted by Crippen LogP contribution is 2.35. The van der Waals surface area contributed by atoms with Crippen LogP contribution in [0.4, 0.5) is 0 Å². The molecule has 1 unspecified atom stereocenters. The number of carbonyl (C=O) groups excluding carboxylic acids is 1. The fourth-order valence-corrected chi connectivity index (χ4v) is 4.61. The number of nitrogens with one attached hydrogen (secondary N) is 1. The van der Waals surface area contributed by atoms with E-state index in [-0.39, 0.29) is 24.1 Å². The lowest BCUT2D eigenvalue weighted by Crippen LogP contribution is -2.33. The molecule has 0 aliphatic rings. The molecule has 0 saturated carbocycles. The van der Waals surface area contributed by atoms with Crippen molar-refractivity contribution in [1.29, 1.82) is 0 Å². The average Bonchev–Trinajstić information content (AvgIpc) is 3.08. The fourth-order valence-electron chi connectivity index (χ4n) is 3.48. The third-order valence-electron chi connectivity index (χ3n) is 4.98. The van der Waals surface area contributed by atoms with E-state index in [9.17, 15) is 9.59 Å². The molecular formula is C23H20ClN3O2S. The largest absolute Gasteiger partial charge is 0.348 e. The van der Waals surface area contributed by atoms with Gasteiger partial charge in [-0.25, -0.2) is 4.98 Å². The van der Waals surface area contributed by atoms with E-state index in [1.165, 1.54) is 22.2 Å². The minimum atomic E-state index is -0.256. The quantitative estimate of drug-likeness (QED) is 0.479. The molecule has 0 spiro atoms. The van der Waals surface area contributed by atoms with Crippen molar-refractivity contribution in [2.45, 2.75) is 26.4 Å². The Balaban J connectivity index is 1.62. The molecule has 0 aliphatic carbocycles. The number of amides is 1. The molecule has 1 atom stereocenters. The van der Waals surface area contributed by atoms with Gasteiger partial charge in [-0.15, -0.1) is 11.3 Å². The Labute approximate surface area is 183 Å². The molecule has 2 aromatic heterocycles. The third kappa shape index (κ3) is 4.01. The molecule has 1 N–H and O–H groups in total. The number of aryl methyl sites for hydroxylation is 1. The van der Waals surface area contributed by atoms with Crippen LogP contribution < -0.4 is 10.9 Å². The van der Waals surface area contributed by atoms with Gasteiger partial charge in [0.25, 0.3) is 5.56 Å². The van der Waals surface area contributed by atoms with Gasteiger partial charge in [0.15, 0.2) is 0 Å². The van der Waals surface area contributed by atoms with Crippen molar-refractivity contribution in [3.63, 3.8) is 0 Å². The first-order valence-electron chi connectivity index (χ1n) is 9.53. The first-order chi connectivity index (χ1) is 14.4. The summed E-state index contributed by atoms with van der Waals surface area (Å²) >= 11 is 7.41. The minimum Gasteiger partial charge on any atom is -0.348 e. The summed E-state index contributed by atoms with van der Waals surface area (Å²) in [6.45, 7) is 3.78. The summed E-state index contributed by atoms with van der Waals surface area (Å²) in [5, 5.41) is 4.13. The number of aromatic nitrogens is 2. The monoisotopic (exact) mass is 437 g/mol. The molecule has 2 heterocycles. The smallest absolute Gasteiger partial charge is 0.263 e. The molecular weight excluding hydrogens is 418 g/mol. The predicted octanol–water partition coefficient (Wildman–Crippen LogP) is 4.96. The molecule has 0 saturated heterocycles. The number of halogens is 1. The summed E-state index contributed by atoms with van der Waals surface area (Å²) in [5.41, 5.74) is 2.59. The summed E-state index contributed by atoms with van der Waals surface area (Å²) in [4.78, 5) is 31.9. The molecule has 0 aliphatic heterocycles. The standard InChI is InChI=1S/C23H20ClN3O2S/c1-14(16-8-10-18(24)11-9-16)26-19(28)12-27-13-25-22-21(23(27)29)20(15(2)30-22)17-6-4-3-5-7-17/h3-11,13-14H,12H2,1-2H3,(H,26,28). The van der Waals surface area contributed by atoms with Gasteiger partial charge in [0, 0.05) is 15.5 Å². The van der Waals surface area contributed by atoms with E-state index in [0.29, 0.717) is 15.2 Å². The molecule has 4 aromatic rings. The van der Waals surface area contributed by atoms with Crippen LogP contribution in [0.5, 0.6) is 0 Å². The molecule has 7 heteroatoms. The number of rotatable bonds is 5. The second-order valence-electron chi connectivity index (χ2n) is 7.10. The summed E-state index contributed by atoms with van der Waals surface area (Å²) < 4.78 is 1.37. The molecule has 2 aromatic carbocycles. The molecule has 4 rings (SSSR count). The summed E-state index contributed by atoms with van der Waals surface area (Å²) in [7, 11) is 0. The minimum absolute atomic E-state index is 0.0944. The SMILES string of the molecule is Cc1sc2ncn(CC(=O)NC(C)c3ccc(Cl)cc3)c(=O)c2c1-c1ccccc1. The van der Waals surface area contributed by atoms with Crippen LogP contribution in [0.15, 0.2) is 65.7 Å². The zero-order valence-corrected chi connectivity index (χ0v) is 18.1. The van der Waals surface area contributed by atoms with Crippen LogP contribution in [0.1, 0.15) is 23.4 Å². The molecule has 152 valence electrons. The van der Waals surface area contributed by atoms with Crippen molar-refractivity contribution in [3.05, 3.63) is 86.7 Å². The second kappa shape index (κ2) is 8.42. The number of thiophene rings is 1. The van der Waals surface area contributed by atoms with Crippen LogP contribution in [0.3, 0.4) is 0 Å². The predicted molar refractivity (Wildman–Crippen MR) is 122 cm³/mol. The topological polar surface area (TPSA) is 64.0 Å². The first kappa shape index (κ1) is 20.3. The Kier molecular flexibility index (Phi) is 5.70. The van der Waals surface area contributed by atoms with Crippen molar-refractivity contribution in [2.75, 3.05) is 0 Å². The van der Waals surface area contributed by atoms with Crippen LogP contribution >= 0.6 is 22.9 Å². The zero-order chi connectivity index (χ0) is 21.3. The Bertz CT molecular complexity index is 1260. The summed E-state index contributed by atoms with van der Waals surface area (Å²) in [6.07, 6.45) is 1.45. The van der Waals surface area contributed by atoms with Crippen molar-refractivity contribution >= 4 is 39.1 Å². The van der Waals surface area contributed by atoms with Gasteiger partial charge >= 0.3 is 0 Å². The maximum absolute atomic E-state index is 13.2. The van der Waals surface area contributed by atoms with Crippen LogP contribution in [-0.2, 0) is 11.3 Å². The Morgan fingerprint density at radius 3 is 2.57 bits per heavy atom. The number of hydrogen-bond acceptors (Lipinski definition) is 4. The number of carbonyl (C=O) groups is 1. The van der Waals surface area contributed by atoms with E-state index in [0.717, 1.165) is 21.6 Å². The lowest BCUT2D eigenvalue weighted by Gasteiger charge is -2.15. The molecule has 5 nitrogen and oxygen atoms in total. The molecule has 1 amide bonds. The number of hydrogen-bond donors (Lipinski definition) is 1. The van der Waals surface area contributed by atoms with Gasteiger partial charge in [-0.3, -0.25) is 14.2 Å². The Morgan fingerprint density at radius 2 is 1.87 bits per heavy atom. The van der Waals surface area contributed by atoms with E-state index >= 15 is 0 Å². The zero-order valence-electron chi connectivity index (χ0n) is 16.6. The average molecular weight is 438 g/mol. The highest BCUT2D eigenvalue weighted by Gasteiger charge is 2.18. The number of fused-ring (bicyclic) bond motifs is 1. The molecule has 0 fully saturated rings. The highest BCUT2D eigenvalue weighted by atomic mass is 35.5. The van der Waals surface area contributed by atoms with Crippen molar-refractivity contribution in [2.24, 2.45) is 0 Å². The van der Waals surface area contributed by atoms with Crippen molar-refractivity contribution in [3.8, 4) is 11.1 Å². The van der Waals surface area contributed by atoms with E-state index in [1.54, 1.807) is 12.1 Å². The maximum atomic E-state index is 13.2. The van der Waals surface area contributed by atoms with Crippen LogP contribution in [0.25, 0.3) is 21.3 Å². The van der Waals surface area contributed by atoms with Gasteiger partial charge < -0.3 is 5.32 Å². The highest BCUT2D eigenvalue weighted by molar-refractivity contribution is 7.19. The molecule has 0 bridgehead atoms. The number of benzene rings is 2. The lowest BCUT2D eigenvalue weighted by atomic mass is 10.0. The summed E-state index contributed by atoms with van der Waals surface area (Å²) in [5.74, 6) is -0.256. The lowest BCUT2D eigenvalue weighted by molar-refractivity contribution is -0.122. The van der Waals surface area contributed by atoms with Gasteiger partial charge in [-0.05, 0) is 37.1 Å². The van der Waals surface area contributed by atoms with Crippen molar-refractivity contribution in [1.82, 2.24) is 14.9 Å². The van der Waals surface area contributed by atoms with Crippen LogP contribution in [0, 0.1) is 6.92 Å². The second-order valence-corrected chi connectivity index (χ2v) is 8.74. The summed E-state index contributed by atoms with van der Waals surface area (Å²) in [6, 6.07) is 16.9. The fraction of sp³-hybridized carbons (Fsp3) is 0.174. The van der Waals surface area contributed by atoms with Gasteiger partial charge in [-0.1, -0.05) is 54.1 Å². The van der Waals surface area contributed by atoms with Gasteiger partial charge in [0.05, 0.1) is 17.8 Å². The Morgan fingerprint density at radius 1 is 1.17 bits per heavy atom. The van der Waals surface area contributed by atoms with Gasteiger partial charge in [0.2, 0.25) is 5.91 Å². The van der Waals surface area contributed by atoms with Crippen molar-refractivity contribution < 1.29 is 4.79 Å². The van der Waals surface area contributed by atoms with E-state index < -0.39 is 0 Å². The maximum Gasteiger partial charge on any atom is 0.263 e. The number of nitrogens with zero attached hydrogens (tertiary/aromatic N) is 2. The van der Waals surface area contributed by atoms with E-state index in [4.69, 9.17) is 11.6 Å².